The van der Waals surface area contributed by atoms with E-state index in [0.29, 0.717) is 18.0 Å². The van der Waals surface area contributed by atoms with Crippen LogP contribution in [0, 0.1) is 0 Å². The van der Waals surface area contributed by atoms with Gasteiger partial charge in [0.25, 0.3) is 0 Å². The Hall–Kier alpha value is -1.98. The number of anilines is 1. The molecule has 1 saturated heterocycles. The minimum Gasteiger partial charge on any atom is -0.286 e. The SMILES string of the molecule is C[C@@H]1CCC[C@@H](C)N1Nc1nccc(-c2cc3ccccc3s2)n1. The van der Waals surface area contributed by atoms with Crippen molar-refractivity contribution in [3.63, 3.8) is 0 Å². The number of nitrogens with one attached hydrogen (secondary N) is 1. The van der Waals surface area contributed by atoms with Gasteiger partial charge in [0.1, 0.15) is 0 Å². The van der Waals surface area contributed by atoms with Gasteiger partial charge in [-0.1, -0.05) is 24.6 Å². The van der Waals surface area contributed by atoms with Crippen LogP contribution in [0.15, 0.2) is 42.6 Å². The molecule has 1 aliphatic heterocycles. The maximum absolute atomic E-state index is 4.75. The Kier molecular flexibility index (Phi) is 4.21. The number of aromatic nitrogens is 2. The maximum Gasteiger partial charge on any atom is 0.238 e. The summed E-state index contributed by atoms with van der Waals surface area (Å²) in [7, 11) is 0. The smallest absolute Gasteiger partial charge is 0.238 e. The van der Waals surface area contributed by atoms with Crippen molar-refractivity contribution in [2.24, 2.45) is 0 Å². The van der Waals surface area contributed by atoms with Crippen molar-refractivity contribution < 1.29 is 0 Å². The van der Waals surface area contributed by atoms with E-state index in [1.807, 2.05) is 12.3 Å². The summed E-state index contributed by atoms with van der Waals surface area (Å²) in [6, 6.07) is 13.7. The molecule has 5 heteroatoms. The number of hydrogen-bond donors (Lipinski definition) is 1. The Bertz CT molecular complexity index is 801. The minimum absolute atomic E-state index is 0.505. The number of nitrogens with zero attached hydrogens (tertiary/aromatic N) is 3. The third-order valence-corrected chi connectivity index (χ3v) is 5.89. The highest BCUT2D eigenvalue weighted by atomic mass is 32.1. The van der Waals surface area contributed by atoms with Crippen LogP contribution in [0.25, 0.3) is 20.7 Å². The van der Waals surface area contributed by atoms with Crippen molar-refractivity contribution in [1.82, 2.24) is 15.0 Å². The van der Waals surface area contributed by atoms with Gasteiger partial charge in [0, 0.05) is 23.0 Å². The van der Waals surface area contributed by atoms with Crippen LogP contribution in [-0.2, 0) is 0 Å². The molecule has 1 fully saturated rings. The van der Waals surface area contributed by atoms with E-state index in [4.69, 9.17) is 4.98 Å². The van der Waals surface area contributed by atoms with Crippen LogP contribution in [-0.4, -0.2) is 27.1 Å². The third-order valence-electron chi connectivity index (χ3n) is 4.76. The molecule has 4 rings (SSSR count). The van der Waals surface area contributed by atoms with Crippen LogP contribution in [0.4, 0.5) is 5.95 Å². The molecule has 0 aliphatic carbocycles. The van der Waals surface area contributed by atoms with Crippen molar-refractivity contribution in [1.29, 1.82) is 0 Å². The largest absolute Gasteiger partial charge is 0.286 e. The van der Waals surface area contributed by atoms with Crippen LogP contribution >= 0.6 is 11.3 Å². The normalized spacial score (nSPS) is 21.9. The quantitative estimate of drug-likeness (QED) is 0.734. The summed E-state index contributed by atoms with van der Waals surface area (Å²) in [4.78, 5) is 10.4. The molecule has 0 unspecified atom stereocenters. The van der Waals surface area contributed by atoms with Gasteiger partial charge < -0.3 is 0 Å². The molecule has 4 nitrogen and oxygen atoms in total. The minimum atomic E-state index is 0.505. The highest BCUT2D eigenvalue weighted by molar-refractivity contribution is 7.22. The standard InChI is InChI=1S/C19H22N4S/c1-13-6-5-7-14(2)23(13)22-19-20-11-10-16(21-19)18-12-15-8-3-4-9-17(15)24-18/h3-4,8-14H,5-7H2,1-2H3,(H,20,21,22)/t13-,14-/m1/s1. The van der Waals surface area contributed by atoms with E-state index in [1.165, 1.54) is 34.2 Å². The van der Waals surface area contributed by atoms with Gasteiger partial charge in [0.15, 0.2) is 0 Å². The molecule has 1 aromatic carbocycles. The topological polar surface area (TPSA) is 41.0 Å². The predicted octanol–water partition coefficient (Wildman–Crippen LogP) is 4.95. The summed E-state index contributed by atoms with van der Waals surface area (Å²) < 4.78 is 1.29. The van der Waals surface area contributed by atoms with Gasteiger partial charge in [-0.05, 0) is 50.3 Å². The molecule has 124 valence electrons. The fraction of sp³-hybridized carbons (Fsp3) is 0.368. The second-order valence-corrected chi connectivity index (χ2v) is 7.65. The first-order chi connectivity index (χ1) is 11.7. The lowest BCUT2D eigenvalue weighted by atomic mass is 10.00. The van der Waals surface area contributed by atoms with Crippen LogP contribution in [0.3, 0.4) is 0 Å². The van der Waals surface area contributed by atoms with Gasteiger partial charge >= 0.3 is 0 Å². The fourth-order valence-corrected chi connectivity index (χ4v) is 4.45. The Morgan fingerprint density at radius 2 is 1.92 bits per heavy atom. The Balaban J connectivity index is 1.61. The summed E-state index contributed by atoms with van der Waals surface area (Å²) >= 11 is 1.77. The number of thiophene rings is 1. The zero-order chi connectivity index (χ0) is 16.5. The molecule has 0 spiro atoms. The molecule has 2 atom stereocenters. The van der Waals surface area contributed by atoms with E-state index in [9.17, 15) is 0 Å². The first-order valence-electron chi connectivity index (χ1n) is 8.58. The van der Waals surface area contributed by atoms with E-state index in [1.54, 1.807) is 11.3 Å². The van der Waals surface area contributed by atoms with Crippen molar-refractivity contribution in [2.45, 2.75) is 45.2 Å². The molecule has 0 saturated carbocycles. The average molecular weight is 338 g/mol. The first kappa shape index (κ1) is 15.5. The highest BCUT2D eigenvalue weighted by Gasteiger charge is 2.25. The lowest BCUT2D eigenvalue weighted by Crippen LogP contribution is -2.47. The van der Waals surface area contributed by atoms with E-state index in [2.05, 4.69) is 59.6 Å². The number of piperidine rings is 1. The number of fused-ring (bicyclic) bond motifs is 1. The van der Waals surface area contributed by atoms with Gasteiger partial charge in [-0.15, -0.1) is 11.3 Å². The molecular formula is C19H22N4S. The average Bonchev–Trinajstić information content (AvgIpc) is 3.03. The van der Waals surface area contributed by atoms with Gasteiger partial charge in [0.05, 0.1) is 10.6 Å². The van der Waals surface area contributed by atoms with E-state index >= 15 is 0 Å². The molecule has 1 N–H and O–H groups in total. The van der Waals surface area contributed by atoms with Crippen LogP contribution < -0.4 is 5.43 Å². The van der Waals surface area contributed by atoms with Crippen molar-refractivity contribution in [3.05, 3.63) is 42.6 Å². The molecule has 0 bridgehead atoms. The molecule has 1 aliphatic rings. The third kappa shape index (κ3) is 3.01. The van der Waals surface area contributed by atoms with Crippen LogP contribution in [0.1, 0.15) is 33.1 Å². The Morgan fingerprint density at radius 3 is 2.71 bits per heavy atom. The van der Waals surface area contributed by atoms with Crippen molar-refractivity contribution in [3.8, 4) is 10.6 Å². The molecule has 2 aromatic heterocycles. The predicted molar refractivity (Wildman–Crippen MR) is 101 cm³/mol. The summed E-state index contributed by atoms with van der Waals surface area (Å²) in [6.45, 7) is 4.52. The molecule has 3 aromatic rings. The molecule has 24 heavy (non-hydrogen) atoms. The van der Waals surface area contributed by atoms with Gasteiger partial charge in [-0.2, -0.15) is 0 Å². The Morgan fingerprint density at radius 1 is 1.12 bits per heavy atom. The van der Waals surface area contributed by atoms with Crippen molar-refractivity contribution in [2.75, 3.05) is 5.43 Å². The fourth-order valence-electron chi connectivity index (χ4n) is 3.42. The number of rotatable bonds is 3. The zero-order valence-corrected chi connectivity index (χ0v) is 14.9. The lowest BCUT2D eigenvalue weighted by molar-refractivity contribution is 0.134. The highest BCUT2D eigenvalue weighted by Crippen LogP contribution is 2.32. The number of hydrogen-bond acceptors (Lipinski definition) is 5. The van der Waals surface area contributed by atoms with Gasteiger partial charge in [0.2, 0.25) is 5.95 Å². The van der Waals surface area contributed by atoms with E-state index in [0.717, 1.165) is 5.69 Å². The second-order valence-electron chi connectivity index (χ2n) is 6.56. The van der Waals surface area contributed by atoms with Gasteiger partial charge in [-0.3, -0.25) is 5.43 Å². The first-order valence-corrected chi connectivity index (χ1v) is 9.39. The lowest BCUT2D eigenvalue weighted by Gasteiger charge is -2.38. The summed E-state index contributed by atoms with van der Waals surface area (Å²) in [5, 5.41) is 3.57. The molecule has 0 radical (unpaired) electrons. The van der Waals surface area contributed by atoms with E-state index in [-0.39, 0.29) is 0 Å². The van der Waals surface area contributed by atoms with Gasteiger partial charge in [-0.25, -0.2) is 15.0 Å². The Labute approximate surface area is 146 Å². The number of benzene rings is 1. The molecular weight excluding hydrogens is 316 g/mol. The van der Waals surface area contributed by atoms with Crippen molar-refractivity contribution >= 4 is 27.4 Å². The summed E-state index contributed by atoms with van der Waals surface area (Å²) in [5.41, 5.74) is 4.42. The summed E-state index contributed by atoms with van der Waals surface area (Å²) in [5.74, 6) is 0.686. The number of hydrazine groups is 1. The van der Waals surface area contributed by atoms with E-state index < -0.39 is 0 Å². The second kappa shape index (κ2) is 6.49. The maximum atomic E-state index is 4.75. The van der Waals surface area contributed by atoms with Crippen LogP contribution in [0.5, 0.6) is 0 Å². The zero-order valence-electron chi connectivity index (χ0n) is 14.1. The monoisotopic (exact) mass is 338 g/mol. The summed E-state index contributed by atoms with van der Waals surface area (Å²) in [6.07, 6.45) is 5.57. The molecule has 0 amide bonds. The molecule has 3 heterocycles. The van der Waals surface area contributed by atoms with Crippen LogP contribution in [0.2, 0.25) is 0 Å².